The normalized spacial score (nSPS) is 16.0. The van der Waals surface area contributed by atoms with Crippen molar-refractivity contribution in [3.63, 3.8) is 0 Å². The minimum Gasteiger partial charge on any atom is -0.457 e. The summed E-state index contributed by atoms with van der Waals surface area (Å²) in [4.78, 5) is 23.0. The molecule has 0 aliphatic carbocycles. The molecule has 0 radical (unpaired) electrons. The smallest absolute Gasteiger partial charge is 0.410 e. The van der Waals surface area contributed by atoms with E-state index in [1.165, 1.54) is 6.33 Å². The summed E-state index contributed by atoms with van der Waals surface area (Å²) in [6.07, 6.45) is 1.86. The average Bonchev–Trinajstić information content (AvgIpc) is 3.45. The van der Waals surface area contributed by atoms with Gasteiger partial charge in [0.25, 0.3) is 0 Å². The summed E-state index contributed by atoms with van der Waals surface area (Å²) in [5.74, 6) is 1.85. The van der Waals surface area contributed by atoms with Crippen LogP contribution in [0.5, 0.6) is 11.5 Å². The molecule has 0 saturated carbocycles. The van der Waals surface area contributed by atoms with E-state index in [0.29, 0.717) is 35.6 Å². The molecule has 2 N–H and O–H groups in total. The Morgan fingerprint density at radius 1 is 1.03 bits per heavy atom. The van der Waals surface area contributed by atoms with Gasteiger partial charge in [0.2, 0.25) is 0 Å². The van der Waals surface area contributed by atoms with Gasteiger partial charge in [-0.15, -0.1) is 0 Å². The Balaban J connectivity index is 1.43. The number of hydrogen-bond acceptors (Lipinski definition) is 7. The predicted octanol–water partition coefficient (Wildman–Crippen LogP) is 5.05. The standard InChI is InChI=1S/C26H28N6O3/c1-26(2,3)35-25(33)31-14-13-18(15-31)32-24-21(23(27)28-16-29-24)22(30-32)17-9-11-20(12-10-17)34-19-7-5-4-6-8-19/h4-12,16,18H,13-15H2,1-3H3,(H2,27,28,29)/t18-/m1/s1. The number of nitrogen functional groups attached to an aromatic ring is 1. The highest BCUT2D eigenvalue weighted by molar-refractivity contribution is 5.98. The molecule has 1 amide bonds. The van der Waals surface area contributed by atoms with Gasteiger partial charge in [-0.05, 0) is 63.6 Å². The van der Waals surface area contributed by atoms with Crippen molar-refractivity contribution in [2.45, 2.75) is 38.8 Å². The van der Waals surface area contributed by atoms with Gasteiger partial charge in [-0.25, -0.2) is 19.4 Å². The molecular formula is C26H28N6O3. The molecular weight excluding hydrogens is 444 g/mol. The summed E-state index contributed by atoms with van der Waals surface area (Å²) in [5.41, 5.74) is 7.94. The molecule has 0 spiro atoms. The maximum absolute atomic E-state index is 12.6. The van der Waals surface area contributed by atoms with Crippen LogP contribution in [0.1, 0.15) is 33.2 Å². The Morgan fingerprint density at radius 3 is 2.46 bits per heavy atom. The zero-order valence-corrected chi connectivity index (χ0v) is 20.0. The number of amides is 1. The SMILES string of the molecule is CC(C)(C)OC(=O)N1CC[C@@H](n2nc(-c3ccc(Oc4ccccc4)cc3)c3c(N)ncnc32)C1. The Bertz CT molecular complexity index is 1350. The lowest BCUT2D eigenvalue weighted by Gasteiger charge is -2.24. The molecule has 0 bridgehead atoms. The molecule has 35 heavy (non-hydrogen) atoms. The number of para-hydroxylation sites is 1. The molecule has 5 rings (SSSR count). The maximum atomic E-state index is 12.6. The van der Waals surface area contributed by atoms with Crippen LogP contribution in [0.2, 0.25) is 0 Å². The van der Waals surface area contributed by atoms with Crippen molar-refractivity contribution < 1.29 is 14.3 Å². The average molecular weight is 473 g/mol. The van der Waals surface area contributed by atoms with E-state index in [4.69, 9.17) is 20.3 Å². The summed E-state index contributed by atoms with van der Waals surface area (Å²) >= 11 is 0. The van der Waals surface area contributed by atoms with Crippen LogP contribution in [0.4, 0.5) is 10.6 Å². The van der Waals surface area contributed by atoms with Gasteiger partial charge in [-0.2, -0.15) is 5.10 Å². The lowest BCUT2D eigenvalue weighted by Crippen LogP contribution is -2.35. The fourth-order valence-electron chi connectivity index (χ4n) is 4.19. The molecule has 3 heterocycles. The quantitative estimate of drug-likeness (QED) is 0.443. The van der Waals surface area contributed by atoms with Gasteiger partial charge in [0.15, 0.2) is 5.65 Å². The molecule has 1 atom stereocenters. The van der Waals surface area contributed by atoms with E-state index < -0.39 is 5.60 Å². The summed E-state index contributed by atoms with van der Waals surface area (Å²) in [7, 11) is 0. The van der Waals surface area contributed by atoms with Crippen molar-refractivity contribution in [3.05, 3.63) is 60.9 Å². The van der Waals surface area contributed by atoms with Crippen LogP contribution in [-0.2, 0) is 4.74 Å². The van der Waals surface area contributed by atoms with E-state index in [9.17, 15) is 4.79 Å². The number of aromatic nitrogens is 4. The number of nitrogens with zero attached hydrogens (tertiary/aromatic N) is 5. The number of ether oxygens (including phenoxy) is 2. The highest BCUT2D eigenvalue weighted by Gasteiger charge is 2.33. The second-order valence-corrected chi connectivity index (χ2v) is 9.56. The number of rotatable bonds is 4. The number of carbonyl (C=O) groups excluding carboxylic acids is 1. The minimum atomic E-state index is -0.543. The van der Waals surface area contributed by atoms with Crippen molar-refractivity contribution in [1.29, 1.82) is 0 Å². The first-order valence-corrected chi connectivity index (χ1v) is 11.6. The van der Waals surface area contributed by atoms with Gasteiger partial charge < -0.3 is 20.1 Å². The highest BCUT2D eigenvalue weighted by Crippen LogP contribution is 2.35. The number of hydrogen-bond donors (Lipinski definition) is 1. The predicted molar refractivity (Wildman–Crippen MR) is 133 cm³/mol. The molecule has 9 nitrogen and oxygen atoms in total. The number of benzene rings is 2. The largest absolute Gasteiger partial charge is 0.457 e. The van der Waals surface area contributed by atoms with Crippen LogP contribution in [0.3, 0.4) is 0 Å². The van der Waals surface area contributed by atoms with Gasteiger partial charge in [-0.1, -0.05) is 18.2 Å². The van der Waals surface area contributed by atoms with Crippen molar-refractivity contribution in [1.82, 2.24) is 24.6 Å². The Labute approximate surface area is 203 Å². The van der Waals surface area contributed by atoms with Gasteiger partial charge in [-0.3, -0.25) is 0 Å². The molecule has 9 heteroatoms. The third-order valence-corrected chi connectivity index (χ3v) is 5.79. The van der Waals surface area contributed by atoms with Crippen molar-refractivity contribution in [2.75, 3.05) is 18.8 Å². The molecule has 1 aliphatic rings. The number of carbonyl (C=O) groups is 1. The maximum Gasteiger partial charge on any atom is 0.410 e. The second-order valence-electron chi connectivity index (χ2n) is 9.56. The molecule has 1 fully saturated rings. The first kappa shape index (κ1) is 22.6. The number of fused-ring (bicyclic) bond motifs is 1. The van der Waals surface area contributed by atoms with Crippen LogP contribution in [-0.4, -0.2) is 49.4 Å². The van der Waals surface area contributed by atoms with Crippen molar-refractivity contribution in [3.8, 4) is 22.8 Å². The molecule has 0 unspecified atom stereocenters. The third kappa shape index (κ3) is 4.75. The van der Waals surface area contributed by atoms with E-state index in [-0.39, 0.29) is 12.1 Å². The second kappa shape index (κ2) is 8.90. The lowest BCUT2D eigenvalue weighted by atomic mass is 10.1. The van der Waals surface area contributed by atoms with Crippen molar-refractivity contribution in [2.24, 2.45) is 0 Å². The first-order chi connectivity index (χ1) is 16.8. The third-order valence-electron chi connectivity index (χ3n) is 5.79. The van der Waals surface area contributed by atoms with Gasteiger partial charge in [0.1, 0.15) is 34.9 Å². The van der Waals surface area contributed by atoms with Gasteiger partial charge >= 0.3 is 6.09 Å². The minimum absolute atomic E-state index is 0.0474. The number of likely N-dealkylation sites (tertiary alicyclic amines) is 1. The lowest BCUT2D eigenvalue weighted by molar-refractivity contribution is 0.0288. The fourth-order valence-corrected chi connectivity index (χ4v) is 4.19. The van der Waals surface area contributed by atoms with Crippen LogP contribution < -0.4 is 10.5 Å². The zero-order chi connectivity index (χ0) is 24.6. The molecule has 1 aliphatic heterocycles. The van der Waals surface area contributed by atoms with E-state index >= 15 is 0 Å². The number of anilines is 1. The Kier molecular flexibility index (Phi) is 5.76. The fraction of sp³-hybridized carbons (Fsp3) is 0.308. The van der Waals surface area contributed by atoms with E-state index in [0.717, 1.165) is 23.5 Å². The van der Waals surface area contributed by atoms with Crippen LogP contribution in [0, 0.1) is 0 Å². The van der Waals surface area contributed by atoms with Crippen molar-refractivity contribution >= 4 is 22.9 Å². The molecule has 2 aromatic carbocycles. The van der Waals surface area contributed by atoms with E-state index in [2.05, 4.69) is 9.97 Å². The summed E-state index contributed by atoms with van der Waals surface area (Å²) < 4.78 is 13.3. The van der Waals surface area contributed by atoms with Crippen LogP contribution >= 0.6 is 0 Å². The van der Waals surface area contributed by atoms with E-state index in [1.54, 1.807) is 4.90 Å². The summed E-state index contributed by atoms with van der Waals surface area (Å²) in [6, 6.07) is 17.2. The van der Waals surface area contributed by atoms with Crippen LogP contribution in [0.15, 0.2) is 60.9 Å². The summed E-state index contributed by atoms with van der Waals surface area (Å²) in [6.45, 7) is 6.66. The van der Waals surface area contributed by atoms with Gasteiger partial charge in [0.05, 0.1) is 11.4 Å². The molecule has 2 aromatic heterocycles. The van der Waals surface area contributed by atoms with E-state index in [1.807, 2.05) is 80.1 Å². The van der Waals surface area contributed by atoms with Crippen LogP contribution in [0.25, 0.3) is 22.3 Å². The highest BCUT2D eigenvalue weighted by atomic mass is 16.6. The number of nitrogens with two attached hydrogens (primary N) is 1. The Hall–Kier alpha value is -4.14. The summed E-state index contributed by atoms with van der Waals surface area (Å²) in [5, 5.41) is 5.59. The Morgan fingerprint density at radius 2 is 1.74 bits per heavy atom. The molecule has 1 saturated heterocycles. The molecule has 4 aromatic rings. The molecule has 180 valence electrons. The monoisotopic (exact) mass is 472 g/mol. The van der Waals surface area contributed by atoms with Gasteiger partial charge in [0, 0.05) is 18.7 Å². The zero-order valence-electron chi connectivity index (χ0n) is 20.0. The topological polar surface area (TPSA) is 108 Å². The first-order valence-electron chi connectivity index (χ1n) is 11.6.